The standard InChI is InChI=1S/C27H21FN2O5S/c1-3-35-19-6-4-5-16(13-19)23-22(24(31)15-7-9-17(28)10-8-15)25(32)26(33)30(23)27-29-20-12-11-18(34-2)14-21(20)36-27/h4-14,23,31H,3H2,1-2H3. The second-order valence-corrected chi connectivity index (χ2v) is 9.02. The van der Waals surface area contributed by atoms with Gasteiger partial charge in [-0.05, 0) is 67.1 Å². The van der Waals surface area contributed by atoms with Crippen LogP contribution in [0.2, 0.25) is 0 Å². The predicted molar refractivity (Wildman–Crippen MR) is 135 cm³/mol. The van der Waals surface area contributed by atoms with Crippen molar-refractivity contribution in [3.8, 4) is 11.5 Å². The van der Waals surface area contributed by atoms with Gasteiger partial charge in [0.05, 0.1) is 35.5 Å². The molecule has 1 aliphatic rings. The van der Waals surface area contributed by atoms with Crippen LogP contribution in [0.25, 0.3) is 16.0 Å². The Balaban J connectivity index is 1.71. The van der Waals surface area contributed by atoms with Gasteiger partial charge >= 0.3 is 5.91 Å². The number of halogens is 1. The van der Waals surface area contributed by atoms with Crippen LogP contribution in [-0.4, -0.2) is 35.5 Å². The van der Waals surface area contributed by atoms with Crippen molar-refractivity contribution in [2.24, 2.45) is 0 Å². The number of aliphatic hydroxyl groups is 1. The monoisotopic (exact) mass is 504 g/mol. The van der Waals surface area contributed by atoms with Gasteiger partial charge in [0.25, 0.3) is 5.78 Å². The number of Topliss-reactive ketones (excluding diaryl/α,β-unsaturated/α-hetero) is 1. The van der Waals surface area contributed by atoms with Crippen molar-refractivity contribution >= 4 is 44.1 Å². The summed E-state index contributed by atoms with van der Waals surface area (Å²) in [6.45, 7) is 2.28. The summed E-state index contributed by atoms with van der Waals surface area (Å²) in [5.41, 5.74) is 1.30. The smallest absolute Gasteiger partial charge is 0.301 e. The molecule has 36 heavy (non-hydrogen) atoms. The summed E-state index contributed by atoms with van der Waals surface area (Å²) in [6, 6.07) is 16.4. The minimum absolute atomic E-state index is 0.114. The molecule has 1 unspecified atom stereocenters. The van der Waals surface area contributed by atoms with E-state index in [9.17, 15) is 19.1 Å². The zero-order valence-corrected chi connectivity index (χ0v) is 20.2. The molecule has 4 aromatic rings. The van der Waals surface area contributed by atoms with E-state index in [4.69, 9.17) is 9.47 Å². The summed E-state index contributed by atoms with van der Waals surface area (Å²) in [5, 5.41) is 11.5. The Kier molecular flexibility index (Phi) is 6.15. The molecule has 1 atom stereocenters. The van der Waals surface area contributed by atoms with Crippen LogP contribution in [0.1, 0.15) is 24.1 Å². The molecule has 3 aromatic carbocycles. The molecule has 2 heterocycles. The van der Waals surface area contributed by atoms with E-state index in [1.54, 1.807) is 49.6 Å². The van der Waals surface area contributed by atoms with Crippen molar-refractivity contribution in [2.45, 2.75) is 13.0 Å². The van der Waals surface area contributed by atoms with Gasteiger partial charge in [0, 0.05) is 5.56 Å². The number of methoxy groups -OCH3 is 1. The van der Waals surface area contributed by atoms with Crippen LogP contribution in [0.15, 0.2) is 72.3 Å². The zero-order chi connectivity index (χ0) is 25.4. The highest BCUT2D eigenvalue weighted by Gasteiger charge is 2.48. The minimum atomic E-state index is -0.974. The first-order valence-corrected chi connectivity index (χ1v) is 12.0. The summed E-state index contributed by atoms with van der Waals surface area (Å²) >= 11 is 1.23. The fourth-order valence-corrected chi connectivity index (χ4v) is 5.19. The van der Waals surface area contributed by atoms with Crippen LogP contribution in [-0.2, 0) is 9.59 Å². The molecule has 1 aromatic heterocycles. The first kappa shape index (κ1) is 23.5. The Labute approximate surface area is 210 Å². The molecular weight excluding hydrogens is 483 g/mol. The number of carbonyl (C=O) groups is 2. The highest BCUT2D eigenvalue weighted by molar-refractivity contribution is 7.22. The highest BCUT2D eigenvalue weighted by atomic mass is 32.1. The third-order valence-corrected chi connectivity index (χ3v) is 6.85. The number of aromatic nitrogens is 1. The lowest BCUT2D eigenvalue weighted by molar-refractivity contribution is -0.132. The molecule has 1 N–H and O–H groups in total. The number of carbonyl (C=O) groups excluding carboxylic acids is 2. The number of ether oxygens (including phenoxy) is 2. The van der Waals surface area contributed by atoms with Gasteiger partial charge in [0.1, 0.15) is 23.1 Å². The molecule has 1 aliphatic heterocycles. The SMILES string of the molecule is CCOc1cccc(C2C(=C(O)c3ccc(F)cc3)C(=O)C(=O)N2c2nc3ccc(OC)cc3s2)c1. The second kappa shape index (κ2) is 9.43. The number of hydrogen-bond donors (Lipinski definition) is 1. The molecule has 1 amide bonds. The van der Waals surface area contributed by atoms with Crippen molar-refractivity contribution in [3.63, 3.8) is 0 Å². The molecule has 0 bridgehead atoms. The van der Waals surface area contributed by atoms with Gasteiger partial charge in [-0.15, -0.1) is 0 Å². The number of rotatable bonds is 6. The van der Waals surface area contributed by atoms with Crippen molar-refractivity contribution in [1.29, 1.82) is 0 Å². The highest BCUT2D eigenvalue weighted by Crippen LogP contribution is 2.45. The average Bonchev–Trinajstić information content (AvgIpc) is 3.42. The van der Waals surface area contributed by atoms with Gasteiger partial charge in [0.2, 0.25) is 0 Å². The lowest BCUT2D eigenvalue weighted by atomic mass is 9.95. The maximum absolute atomic E-state index is 13.5. The summed E-state index contributed by atoms with van der Waals surface area (Å²) in [7, 11) is 1.56. The van der Waals surface area contributed by atoms with Crippen LogP contribution >= 0.6 is 11.3 Å². The molecule has 5 rings (SSSR count). The molecule has 0 spiro atoms. The Morgan fingerprint density at radius 3 is 2.58 bits per heavy atom. The predicted octanol–water partition coefficient (Wildman–Crippen LogP) is 5.47. The molecule has 7 nitrogen and oxygen atoms in total. The van der Waals surface area contributed by atoms with Crippen molar-refractivity contribution in [3.05, 3.63) is 89.2 Å². The number of hydrogen-bond acceptors (Lipinski definition) is 7. The third-order valence-electron chi connectivity index (χ3n) is 5.84. The van der Waals surface area contributed by atoms with E-state index in [1.807, 2.05) is 6.92 Å². The van der Waals surface area contributed by atoms with E-state index in [0.29, 0.717) is 34.3 Å². The first-order chi connectivity index (χ1) is 17.4. The van der Waals surface area contributed by atoms with Crippen molar-refractivity contribution in [2.75, 3.05) is 18.6 Å². The number of anilines is 1. The number of fused-ring (bicyclic) bond motifs is 1. The second-order valence-electron chi connectivity index (χ2n) is 8.01. The Bertz CT molecular complexity index is 1510. The van der Waals surface area contributed by atoms with Crippen molar-refractivity contribution in [1.82, 2.24) is 4.98 Å². The maximum atomic E-state index is 13.5. The lowest BCUT2D eigenvalue weighted by Gasteiger charge is -2.23. The van der Waals surface area contributed by atoms with Crippen LogP contribution in [0, 0.1) is 5.82 Å². The summed E-state index contributed by atoms with van der Waals surface area (Å²) in [5.74, 6) is -1.38. The number of nitrogens with zero attached hydrogens (tertiary/aromatic N) is 2. The van der Waals surface area contributed by atoms with E-state index in [-0.39, 0.29) is 11.1 Å². The minimum Gasteiger partial charge on any atom is -0.507 e. The number of benzene rings is 3. The largest absolute Gasteiger partial charge is 0.507 e. The summed E-state index contributed by atoms with van der Waals surface area (Å²) < 4.78 is 25.2. The third kappa shape index (κ3) is 4.07. The topological polar surface area (TPSA) is 89.0 Å². The molecule has 0 saturated carbocycles. The van der Waals surface area contributed by atoms with Gasteiger partial charge in [-0.25, -0.2) is 9.37 Å². The molecule has 0 radical (unpaired) electrons. The lowest BCUT2D eigenvalue weighted by Crippen LogP contribution is -2.29. The fraction of sp³-hybridized carbons (Fsp3) is 0.148. The normalized spacial score (nSPS) is 17.1. The van der Waals surface area contributed by atoms with Crippen LogP contribution in [0.4, 0.5) is 9.52 Å². The van der Waals surface area contributed by atoms with E-state index < -0.39 is 29.3 Å². The number of ketones is 1. The van der Waals surface area contributed by atoms with Crippen molar-refractivity contribution < 1.29 is 28.6 Å². The summed E-state index contributed by atoms with van der Waals surface area (Å²) in [6.07, 6.45) is 0. The van der Waals surface area contributed by atoms with Crippen LogP contribution in [0.5, 0.6) is 11.5 Å². The van der Waals surface area contributed by atoms with E-state index in [2.05, 4.69) is 4.98 Å². The molecule has 9 heteroatoms. The zero-order valence-electron chi connectivity index (χ0n) is 19.4. The molecule has 0 aliphatic carbocycles. The van der Waals surface area contributed by atoms with Crippen LogP contribution < -0.4 is 14.4 Å². The van der Waals surface area contributed by atoms with Gasteiger partial charge in [-0.2, -0.15) is 0 Å². The van der Waals surface area contributed by atoms with Gasteiger partial charge in [-0.1, -0.05) is 23.5 Å². The summed E-state index contributed by atoms with van der Waals surface area (Å²) in [4.78, 5) is 32.6. The maximum Gasteiger partial charge on any atom is 0.301 e. The van der Waals surface area contributed by atoms with E-state index in [0.717, 1.165) is 4.70 Å². The molecule has 182 valence electrons. The quantitative estimate of drug-likeness (QED) is 0.213. The number of amides is 1. The average molecular weight is 505 g/mol. The van der Waals surface area contributed by atoms with Gasteiger partial charge < -0.3 is 14.6 Å². The first-order valence-electron chi connectivity index (χ1n) is 11.2. The van der Waals surface area contributed by atoms with E-state index in [1.165, 1.54) is 40.5 Å². The number of thiazole rings is 1. The number of aliphatic hydroxyl groups excluding tert-OH is 1. The van der Waals surface area contributed by atoms with Gasteiger partial charge in [0.15, 0.2) is 5.13 Å². The van der Waals surface area contributed by atoms with Crippen LogP contribution in [0.3, 0.4) is 0 Å². The van der Waals surface area contributed by atoms with Gasteiger partial charge in [-0.3, -0.25) is 14.5 Å². The van der Waals surface area contributed by atoms with E-state index >= 15 is 0 Å². The molecule has 1 saturated heterocycles. The Morgan fingerprint density at radius 1 is 1.08 bits per heavy atom. The molecule has 1 fully saturated rings. The molecular formula is C27H21FN2O5S. The fourth-order valence-electron chi connectivity index (χ4n) is 4.17. The Hall–Kier alpha value is -4.24. The Morgan fingerprint density at radius 2 is 1.86 bits per heavy atom.